The summed E-state index contributed by atoms with van der Waals surface area (Å²) in [5.74, 6) is -0.541. The average Bonchev–Trinajstić information content (AvgIpc) is 2.72. The Labute approximate surface area is 122 Å². The number of hydrogen-bond acceptors (Lipinski definition) is 2. The molecule has 0 saturated heterocycles. The summed E-state index contributed by atoms with van der Waals surface area (Å²) in [5.41, 5.74) is 1.73. The minimum atomic E-state index is -0.871. The van der Waals surface area contributed by atoms with Crippen LogP contribution in [0.25, 0.3) is 0 Å². The van der Waals surface area contributed by atoms with Gasteiger partial charge in [0.15, 0.2) is 0 Å². The highest BCUT2D eigenvalue weighted by Gasteiger charge is 2.43. The molecule has 0 bridgehead atoms. The molecule has 2 aromatic rings. The molecule has 1 heterocycles. The Balaban J connectivity index is 2.08. The van der Waals surface area contributed by atoms with Gasteiger partial charge in [-0.3, -0.25) is 4.79 Å². The van der Waals surface area contributed by atoms with Gasteiger partial charge in [-0.05, 0) is 48.7 Å². The predicted octanol–water partition coefficient (Wildman–Crippen LogP) is 3.15. The Morgan fingerprint density at radius 1 is 1.29 bits per heavy atom. The van der Waals surface area contributed by atoms with Gasteiger partial charge < -0.3 is 5.32 Å². The van der Waals surface area contributed by atoms with Gasteiger partial charge in [-0.2, -0.15) is 5.26 Å². The number of carbonyl (C=O) groups is 1. The summed E-state index contributed by atoms with van der Waals surface area (Å²) in [6.45, 7) is 1.78. The first kappa shape index (κ1) is 13.3. The number of nitrogens with one attached hydrogen (secondary N) is 1. The van der Waals surface area contributed by atoms with Gasteiger partial charge in [-0.1, -0.05) is 18.2 Å². The maximum absolute atomic E-state index is 13.5. The summed E-state index contributed by atoms with van der Waals surface area (Å²) in [6, 6.07) is 13.6. The fourth-order valence-electron chi connectivity index (χ4n) is 2.80. The smallest absolute Gasteiger partial charge is 0.235 e. The summed E-state index contributed by atoms with van der Waals surface area (Å²) in [7, 11) is 0. The van der Waals surface area contributed by atoms with Crippen molar-refractivity contribution in [3.05, 3.63) is 65.0 Å². The van der Waals surface area contributed by atoms with Crippen LogP contribution in [0.15, 0.2) is 42.5 Å². The van der Waals surface area contributed by atoms with Gasteiger partial charge in [0, 0.05) is 5.69 Å². The van der Waals surface area contributed by atoms with Crippen LogP contribution in [0.5, 0.6) is 0 Å². The number of carbonyl (C=O) groups excluding carboxylic acids is 1. The number of fused-ring (bicyclic) bond motifs is 1. The second-order valence-electron chi connectivity index (χ2n) is 5.42. The lowest BCUT2D eigenvalue weighted by atomic mass is 9.77. The number of benzene rings is 2. The second kappa shape index (κ2) is 4.71. The molecule has 0 aromatic heterocycles. The summed E-state index contributed by atoms with van der Waals surface area (Å²) < 4.78 is 13.5. The molecule has 1 N–H and O–H groups in total. The second-order valence-corrected chi connectivity index (χ2v) is 5.42. The molecule has 0 aliphatic carbocycles. The van der Waals surface area contributed by atoms with E-state index in [4.69, 9.17) is 0 Å². The first-order chi connectivity index (χ1) is 10.0. The van der Waals surface area contributed by atoms with Crippen LogP contribution in [-0.2, 0) is 16.6 Å². The van der Waals surface area contributed by atoms with E-state index in [-0.39, 0.29) is 11.7 Å². The summed E-state index contributed by atoms with van der Waals surface area (Å²) in [6.07, 6.45) is 0.360. The third kappa shape index (κ3) is 2.07. The van der Waals surface area contributed by atoms with E-state index >= 15 is 0 Å². The van der Waals surface area contributed by atoms with Gasteiger partial charge in [0.25, 0.3) is 0 Å². The molecular weight excluding hydrogens is 267 g/mol. The number of nitriles is 1. The van der Waals surface area contributed by atoms with Crippen LogP contribution in [-0.4, -0.2) is 5.91 Å². The van der Waals surface area contributed by atoms with Crippen molar-refractivity contribution in [1.82, 2.24) is 0 Å². The molecule has 0 fully saturated rings. The van der Waals surface area contributed by atoms with Crippen molar-refractivity contribution in [2.45, 2.75) is 18.8 Å². The zero-order chi connectivity index (χ0) is 15.0. The van der Waals surface area contributed by atoms with Crippen molar-refractivity contribution < 1.29 is 9.18 Å². The summed E-state index contributed by atoms with van der Waals surface area (Å²) in [4.78, 5) is 12.4. The van der Waals surface area contributed by atoms with Crippen LogP contribution in [0.2, 0.25) is 0 Å². The lowest BCUT2D eigenvalue weighted by molar-refractivity contribution is -0.120. The molecule has 1 atom stereocenters. The number of amides is 1. The molecule has 104 valence electrons. The van der Waals surface area contributed by atoms with E-state index in [2.05, 4.69) is 11.4 Å². The van der Waals surface area contributed by atoms with E-state index in [9.17, 15) is 14.4 Å². The van der Waals surface area contributed by atoms with Gasteiger partial charge in [0.2, 0.25) is 5.91 Å². The minimum Gasteiger partial charge on any atom is -0.325 e. The van der Waals surface area contributed by atoms with Crippen molar-refractivity contribution in [3.8, 4) is 6.07 Å². The number of anilines is 1. The Bertz CT molecular complexity index is 779. The molecular formula is C17H13FN2O. The van der Waals surface area contributed by atoms with Crippen LogP contribution in [0.3, 0.4) is 0 Å². The van der Waals surface area contributed by atoms with Crippen LogP contribution in [0.1, 0.15) is 23.6 Å². The first-order valence-electron chi connectivity index (χ1n) is 6.64. The van der Waals surface area contributed by atoms with Gasteiger partial charge in [0.05, 0.1) is 17.0 Å². The predicted molar refractivity (Wildman–Crippen MR) is 77.2 cm³/mol. The number of nitrogens with zero attached hydrogens (tertiary/aromatic N) is 1. The molecule has 0 radical (unpaired) electrons. The third-order valence-electron chi connectivity index (χ3n) is 4.01. The Kier molecular flexibility index (Phi) is 2.99. The summed E-state index contributed by atoms with van der Waals surface area (Å²) in [5, 5.41) is 12.0. The molecule has 2 aromatic carbocycles. The molecule has 1 amide bonds. The fourth-order valence-corrected chi connectivity index (χ4v) is 2.80. The highest BCUT2D eigenvalue weighted by atomic mass is 19.1. The van der Waals surface area contributed by atoms with E-state index in [0.29, 0.717) is 23.2 Å². The highest BCUT2D eigenvalue weighted by molar-refractivity contribution is 6.06. The van der Waals surface area contributed by atoms with Gasteiger partial charge in [-0.25, -0.2) is 4.39 Å². The molecule has 1 aliphatic heterocycles. The first-order valence-corrected chi connectivity index (χ1v) is 6.64. The lowest BCUT2D eigenvalue weighted by Gasteiger charge is -2.22. The van der Waals surface area contributed by atoms with Gasteiger partial charge in [0.1, 0.15) is 5.82 Å². The lowest BCUT2D eigenvalue weighted by Crippen LogP contribution is -2.33. The number of halogens is 1. The van der Waals surface area contributed by atoms with Gasteiger partial charge >= 0.3 is 0 Å². The van der Waals surface area contributed by atoms with Crippen LogP contribution < -0.4 is 5.32 Å². The van der Waals surface area contributed by atoms with Crippen molar-refractivity contribution in [1.29, 1.82) is 5.26 Å². The standard InChI is InChI=1S/C17H13FN2O/c1-17(9-11-4-2-3-5-12(11)10-19)14-8-13(18)6-7-15(14)20-16(17)21/h2-8H,9H2,1H3,(H,20,21). The topological polar surface area (TPSA) is 52.9 Å². The van der Waals surface area contributed by atoms with Gasteiger partial charge in [-0.15, -0.1) is 0 Å². The zero-order valence-corrected chi connectivity index (χ0v) is 11.5. The van der Waals surface area contributed by atoms with Crippen LogP contribution in [0, 0.1) is 17.1 Å². The van der Waals surface area contributed by atoms with Crippen molar-refractivity contribution in [3.63, 3.8) is 0 Å². The molecule has 3 nitrogen and oxygen atoms in total. The van der Waals surface area contributed by atoms with E-state index in [1.165, 1.54) is 12.1 Å². The van der Waals surface area contributed by atoms with Crippen LogP contribution in [0.4, 0.5) is 10.1 Å². The normalized spacial score (nSPS) is 19.8. The number of hydrogen-bond donors (Lipinski definition) is 1. The van der Waals surface area contributed by atoms with E-state index in [1.807, 2.05) is 12.1 Å². The Hall–Kier alpha value is -2.67. The SMILES string of the molecule is CC1(Cc2ccccc2C#N)C(=O)Nc2ccc(F)cc21. The van der Waals surface area contributed by atoms with Crippen molar-refractivity contribution in [2.75, 3.05) is 5.32 Å². The molecule has 1 unspecified atom stereocenters. The van der Waals surface area contributed by atoms with E-state index in [1.54, 1.807) is 25.1 Å². The van der Waals surface area contributed by atoms with Crippen molar-refractivity contribution >= 4 is 11.6 Å². The molecule has 4 heteroatoms. The average molecular weight is 280 g/mol. The molecule has 21 heavy (non-hydrogen) atoms. The van der Waals surface area contributed by atoms with E-state index in [0.717, 1.165) is 5.56 Å². The monoisotopic (exact) mass is 280 g/mol. The zero-order valence-electron chi connectivity index (χ0n) is 11.5. The summed E-state index contributed by atoms with van der Waals surface area (Å²) >= 11 is 0. The van der Waals surface area contributed by atoms with Crippen molar-refractivity contribution in [2.24, 2.45) is 0 Å². The highest BCUT2D eigenvalue weighted by Crippen LogP contribution is 2.40. The molecule has 0 spiro atoms. The third-order valence-corrected chi connectivity index (χ3v) is 4.01. The molecule has 0 saturated carbocycles. The maximum atomic E-state index is 13.5. The molecule has 1 aliphatic rings. The largest absolute Gasteiger partial charge is 0.325 e. The fraction of sp³-hybridized carbons (Fsp3) is 0.176. The number of rotatable bonds is 2. The quantitative estimate of drug-likeness (QED) is 0.918. The van der Waals surface area contributed by atoms with E-state index < -0.39 is 5.41 Å². The Morgan fingerprint density at radius 2 is 2.05 bits per heavy atom. The van der Waals surface area contributed by atoms with Crippen LogP contribution >= 0.6 is 0 Å². The molecule has 3 rings (SSSR count). The Morgan fingerprint density at radius 3 is 2.81 bits per heavy atom. The minimum absolute atomic E-state index is 0.171. The maximum Gasteiger partial charge on any atom is 0.235 e.